The van der Waals surface area contributed by atoms with E-state index in [4.69, 9.17) is 30.0 Å². The number of aromatic nitrogens is 6. The highest BCUT2D eigenvalue weighted by molar-refractivity contribution is 5.94. The van der Waals surface area contributed by atoms with Crippen LogP contribution in [0.3, 0.4) is 0 Å². The molecule has 6 aromatic rings. The van der Waals surface area contributed by atoms with Gasteiger partial charge in [0.05, 0.1) is 24.5 Å². The van der Waals surface area contributed by atoms with Crippen molar-refractivity contribution in [3.8, 4) is 17.3 Å². The Morgan fingerprint density at radius 2 is 1.67 bits per heavy atom. The van der Waals surface area contributed by atoms with Gasteiger partial charge in [0.15, 0.2) is 22.6 Å². The van der Waals surface area contributed by atoms with Gasteiger partial charge in [0.1, 0.15) is 5.75 Å². The van der Waals surface area contributed by atoms with Crippen LogP contribution in [-0.2, 0) is 10.3 Å². The first kappa shape index (κ1) is 32.7. The van der Waals surface area contributed by atoms with Gasteiger partial charge in [0.2, 0.25) is 11.8 Å². The highest BCUT2D eigenvalue weighted by Crippen LogP contribution is 2.34. The first-order valence-electron chi connectivity index (χ1n) is 17.6. The molecule has 1 unspecified atom stereocenters. The average Bonchev–Trinajstić information content (AvgIpc) is 3.95. The molecule has 264 valence electrons. The van der Waals surface area contributed by atoms with Gasteiger partial charge in [-0.2, -0.15) is 14.6 Å². The van der Waals surface area contributed by atoms with Gasteiger partial charge < -0.3 is 34.5 Å². The molecule has 0 aliphatic carbocycles. The summed E-state index contributed by atoms with van der Waals surface area (Å²) in [5, 5.41) is 9.90. The van der Waals surface area contributed by atoms with Crippen LogP contribution in [-0.4, -0.2) is 123 Å². The highest BCUT2D eigenvalue weighted by Gasteiger charge is 2.43. The van der Waals surface area contributed by atoms with Crippen molar-refractivity contribution in [2.45, 2.75) is 18.9 Å². The number of rotatable bonds is 10. The van der Waals surface area contributed by atoms with E-state index in [0.29, 0.717) is 61.1 Å². The lowest BCUT2D eigenvalue weighted by Gasteiger charge is -2.40. The number of ether oxygens (including phenoxy) is 1. The van der Waals surface area contributed by atoms with Crippen molar-refractivity contribution in [1.29, 1.82) is 0 Å². The van der Waals surface area contributed by atoms with Crippen molar-refractivity contribution >= 4 is 34.2 Å². The molecule has 51 heavy (non-hydrogen) atoms. The number of likely N-dealkylation sites (N-methyl/N-ethyl adjacent to an activating group) is 1. The number of carbonyl (C=O) groups is 1. The van der Waals surface area contributed by atoms with E-state index < -0.39 is 5.54 Å². The van der Waals surface area contributed by atoms with Gasteiger partial charge in [-0.05, 0) is 62.4 Å². The van der Waals surface area contributed by atoms with Gasteiger partial charge in [-0.1, -0.05) is 30.3 Å². The van der Waals surface area contributed by atoms with Crippen LogP contribution in [0.4, 0.5) is 11.6 Å². The fourth-order valence-electron chi connectivity index (χ4n) is 7.12. The summed E-state index contributed by atoms with van der Waals surface area (Å²) in [4.78, 5) is 33.2. The molecule has 0 bridgehead atoms. The molecule has 4 aromatic heterocycles. The van der Waals surface area contributed by atoms with Crippen molar-refractivity contribution in [2.24, 2.45) is 0 Å². The fourth-order valence-corrected chi connectivity index (χ4v) is 7.12. The third-order valence-electron chi connectivity index (χ3n) is 10.2. The first-order chi connectivity index (χ1) is 24.9. The SMILES string of the molecule is CN1CCN(CCCOc2ccc(N3CCN(C(=O)C(C)(c4ccccc4)n4ncc5c4nc(N)n4nc(-c6ccco6)nc54)CC3)cc2)CC1. The maximum Gasteiger partial charge on any atom is 0.255 e. The molecule has 8 rings (SSSR count). The molecule has 2 fully saturated rings. The normalized spacial score (nSPS) is 17.3. The number of nitrogens with two attached hydrogens (primary N) is 1. The number of piperazine rings is 2. The minimum atomic E-state index is -1.21. The van der Waals surface area contributed by atoms with Gasteiger partial charge in [-0.25, -0.2) is 9.67 Å². The summed E-state index contributed by atoms with van der Waals surface area (Å²) >= 11 is 0. The molecule has 2 N–H and O–H groups in total. The Balaban J connectivity index is 0.972. The standard InChI is InChI=1S/C37H43N11O3/c1-37(27-8-4-3-5-9-27,48-34-30(26-39-48)33-40-32(31-10-6-24-51-31)42-47(33)36(38)41-34)35(49)46-22-20-45(21-23-46)28-11-13-29(14-12-28)50-25-7-15-44-18-16-43(2)17-19-44/h3-6,8-14,24,26H,7,15-23,25H2,1-2H3,(H2,38,41). The molecule has 2 aliphatic rings. The second-order valence-corrected chi connectivity index (χ2v) is 13.5. The number of carbonyl (C=O) groups excluding carboxylic acids is 1. The Labute approximate surface area is 296 Å². The molecule has 1 amide bonds. The van der Waals surface area contributed by atoms with Crippen LogP contribution < -0.4 is 15.4 Å². The number of fused-ring (bicyclic) bond motifs is 3. The third kappa shape index (κ3) is 6.25. The smallest absolute Gasteiger partial charge is 0.255 e. The Morgan fingerprint density at radius 1 is 0.902 bits per heavy atom. The number of hydrogen-bond acceptors (Lipinski definition) is 11. The lowest BCUT2D eigenvalue weighted by molar-refractivity contribution is -0.138. The van der Waals surface area contributed by atoms with Crippen LogP contribution in [0.2, 0.25) is 0 Å². The van der Waals surface area contributed by atoms with E-state index in [-0.39, 0.29) is 11.9 Å². The van der Waals surface area contributed by atoms with Crippen LogP contribution in [0.5, 0.6) is 5.75 Å². The summed E-state index contributed by atoms with van der Waals surface area (Å²) in [5.74, 6) is 1.83. The molecule has 14 heteroatoms. The van der Waals surface area contributed by atoms with E-state index >= 15 is 0 Å². The van der Waals surface area contributed by atoms with Crippen LogP contribution >= 0.6 is 0 Å². The summed E-state index contributed by atoms with van der Waals surface area (Å²) in [7, 11) is 2.18. The van der Waals surface area contributed by atoms with Gasteiger partial charge in [0.25, 0.3) is 5.91 Å². The zero-order valence-corrected chi connectivity index (χ0v) is 29.1. The second kappa shape index (κ2) is 13.7. The maximum absolute atomic E-state index is 14.7. The van der Waals surface area contributed by atoms with Gasteiger partial charge in [-0.3, -0.25) is 4.79 Å². The van der Waals surface area contributed by atoms with Crippen molar-refractivity contribution < 1.29 is 13.9 Å². The maximum atomic E-state index is 14.7. The zero-order chi connectivity index (χ0) is 35.0. The number of benzene rings is 2. The third-order valence-corrected chi connectivity index (χ3v) is 10.2. The molecule has 2 saturated heterocycles. The summed E-state index contributed by atoms with van der Waals surface area (Å²) < 4.78 is 14.7. The van der Waals surface area contributed by atoms with E-state index in [0.717, 1.165) is 56.1 Å². The number of anilines is 2. The Morgan fingerprint density at radius 3 is 2.39 bits per heavy atom. The first-order valence-corrected chi connectivity index (χ1v) is 17.6. The van der Waals surface area contributed by atoms with Crippen molar-refractivity contribution in [1.82, 2.24) is 44.1 Å². The molecular formula is C37H43N11O3. The van der Waals surface area contributed by atoms with E-state index in [9.17, 15) is 4.79 Å². The fraction of sp³-hybridized carbons (Fsp3) is 0.378. The molecule has 0 spiro atoms. The van der Waals surface area contributed by atoms with Crippen LogP contribution in [0.15, 0.2) is 83.6 Å². The minimum Gasteiger partial charge on any atom is -0.494 e. The molecule has 2 aromatic carbocycles. The Hall–Kier alpha value is -5.47. The summed E-state index contributed by atoms with van der Waals surface area (Å²) in [6.07, 6.45) is 4.25. The summed E-state index contributed by atoms with van der Waals surface area (Å²) in [5.41, 5.74) is 8.04. The van der Waals surface area contributed by atoms with E-state index in [1.807, 2.05) is 54.3 Å². The number of nitrogen functional groups attached to an aromatic ring is 1. The second-order valence-electron chi connectivity index (χ2n) is 13.5. The quantitative estimate of drug-likeness (QED) is 0.212. The van der Waals surface area contributed by atoms with Crippen LogP contribution in [0.25, 0.3) is 28.3 Å². The van der Waals surface area contributed by atoms with Crippen LogP contribution in [0.1, 0.15) is 18.9 Å². The predicted molar refractivity (Wildman–Crippen MR) is 195 cm³/mol. The Bertz CT molecular complexity index is 2100. The molecule has 6 heterocycles. The molecule has 0 saturated carbocycles. The van der Waals surface area contributed by atoms with E-state index in [1.54, 1.807) is 29.3 Å². The van der Waals surface area contributed by atoms with Crippen molar-refractivity contribution in [3.05, 3.63) is 84.8 Å². The molecule has 0 radical (unpaired) electrons. The average molecular weight is 690 g/mol. The number of nitrogens with zero attached hydrogens (tertiary/aromatic N) is 10. The van der Waals surface area contributed by atoms with Gasteiger partial charge >= 0.3 is 0 Å². The summed E-state index contributed by atoms with van der Waals surface area (Å²) in [6, 6.07) is 21.6. The number of amides is 1. The molecule has 2 aliphatic heterocycles. The highest BCUT2D eigenvalue weighted by atomic mass is 16.5. The van der Waals surface area contributed by atoms with E-state index in [1.165, 1.54) is 4.52 Å². The summed E-state index contributed by atoms with van der Waals surface area (Å²) in [6.45, 7) is 10.7. The van der Waals surface area contributed by atoms with Gasteiger partial charge in [0, 0.05) is 64.6 Å². The predicted octanol–water partition coefficient (Wildman–Crippen LogP) is 3.44. The number of furan rings is 1. The largest absolute Gasteiger partial charge is 0.494 e. The lowest BCUT2D eigenvalue weighted by atomic mass is 9.90. The minimum absolute atomic E-state index is 0.0725. The lowest BCUT2D eigenvalue weighted by Crippen LogP contribution is -2.56. The molecular weight excluding hydrogens is 646 g/mol. The van der Waals surface area contributed by atoms with Crippen molar-refractivity contribution in [3.63, 3.8) is 0 Å². The van der Waals surface area contributed by atoms with Crippen LogP contribution in [0, 0.1) is 0 Å². The Kier molecular flexibility index (Phi) is 8.78. The molecule has 14 nitrogen and oxygen atoms in total. The topological polar surface area (TPSA) is 139 Å². The van der Waals surface area contributed by atoms with E-state index in [2.05, 4.69) is 39.0 Å². The molecule has 1 atom stereocenters. The number of hydrogen-bond donors (Lipinski definition) is 1. The zero-order valence-electron chi connectivity index (χ0n) is 29.1. The van der Waals surface area contributed by atoms with Gasteiger partial charge in [-0.15, -0.1) is 5.10 Å². The van der Waals surface area contributed by atoms with Crippen molar-refractivity contribution in [2.75, 3.05) is 83.2 Å². The monoisotopic (exact) mass is 689 g/mol.